The van der Waals surface area contributed by atoms with Crippen LogP contribution in [0, 0.1) is 0 Å². The summed E-state index contributed by atoms with van der Waals surface area (Å²) in [4.78, 5) is 18.5. The number of hydrogen-bond donors (Lipinski definition) is 2. The van der Waals surface area contributed by atoms with Crippen molar-refractivity contribution < 1.29 is 19.8 Å². The molecule has 0 aromatic carbocycles. The smallest absolute Gasteiger partial charge is 0.327 e. The molecule has 0 unspecified atom stereocenters. The fourth-order valence-corrected chi connectivity index (χ4v) is 0. The molecule has 92 valence electrons. The van der Waals surface area contributed by atoms with Gasteiger partial charge >= 0.3 is 11.9 Å². The molecule has 0 aliphatic carbocycles. The number of carboxylic acid groups (broad SMARTS) is 2. The lowest BCUT2D eigenvalue weighted by atomic mass is 10.6. The van der Waals surface area contributed by atoms with Crippen molar-refractivity contribution in [2.75, 3.05) is 0 Å². The van der Waals surface area contributed by atoms with Crippen molar-refractivity contribution in [3.8, 4) is 0 Å². The second-order valence-electron chi connectivity index (χ2n) is 1.79. The predicted octanol–water partition coefficient (Wildman–Crippen LogP) is 3.20. The van der Waals surface area contributed by atoms with Gasteiger partial charge in [0.05, 0.1) is 0 Å². The van der Waals surface area contributed by atoms with Gasteiger partial charge in [0, 0.05) is 12.2 Å². The Labute approximate surface area is 92.9 Å². The van der Waals surface area contributed by atoms with E-state index >= 15 is 0 Å². The van der Waals surface area contributed by atoms with E-state index in [1.807, 2.05) is 0 Å². The van der Waals surface area contributed by atoms with E-state index in [9.17, 15) is 9.59 Å². The summed E-state index contributed by atoms with van der Waals surface area (Å²) in [5.74, 6) is -1.96. The molecule has 0 aliphatic heterocycles. The van der Waals surface area contributed by atoms with Gasteiger partial charge in [0.1, 0.15) is 0 Å². The van der Waals surface area contributed by atoms with Gasteiger partial charge in [0.2, 0.25) is 0 Å². The molecule has 0 bridgehead atoms. The fraction of sp³-hybridized carbons (Fsp3) is 0.455. The average molecular weight is 220 g/mol. The Bertz CT molecular complexity index is 144. The third kappa shape index (κ3) is 230. The molecule has 2 N–H and O–H groups in total. The molecule has 0 amide bonds. The predicted molar refractivity (Wildman–Crippen MR) is 65.1 cm³/mol. The maximum atomic E-state index is 9.25. The average Bonchev–Trinajstić information content (AvgIpc) is 2.07. The van der Waals surface area contributed by atoms with E-state index in [0.717, 1.165) is 12.2 Å². The van der Waals surface area contributed by atoms with Crippen LogP contribution in [0.1, 0.15) is 35.1 Å². The third-order valence-electron chi connectivity index (χ3n) is 0.349. The van der Waals surface area contributed by atoms with Crippen molar-refractivity contribution in [1.82, 2.24) is 0 Å². The van der Waals surface area contributed by atoms with Gasteiger partial charge in [-0.25, -0.2) is 9.59 Å². The lowest BCUT2D eigenvalue weighted by Gasteiger charge is -1.64. The third-order valence-corrected chi connectivity index (χ3v) is 0.349. The summed E-state index contributed by atoms with van der Waals surface area (Å²) in [5.41, 5.74) is 0. The van der Waals surface area contributed by atoms with Crippen LogP contribution in [0.2, 0.25) is 0 Å². The maximum absolute atomic E-state index is 9.25. The van der Waals surface area contributed by atoms with E-state index in [1.165, 1.54) is 6.42 Å². The highest BCUT2D eigenvalue weighted by atomic mass is 16.4. The standard InChI is InChI=1S/2C3H4O2.C3H8.2CH4/c2*1-2-3(4)5;1-3-2;;/h2*2H,1H2,(H,4,5);3H2,1-2H3;2*1H4. The van der Waals surface area contributed by atoms with E-state index in [2.05, 4.69) is 27.0 Å². The Morgan fingerprint density at radius 2 is 1.07 bits per heavy atom. The molecular weight excluding hydrogens is 196 g/mol. The first kappa shape index (κ1) is 29.2. The first-order valence-electron chi connectivity index (χ1n) is 3.66. The summed E-state index contributed by atoms with van der Waals surface area (Å²) >= 11 is 0. The van der Waals surface area contributed by atoms with Crippen LogP contribution in [0.3, 0.4) is 0 Å². The molecular formula is C11H24O4. The van der Waals surface area contributed by atoms with Crippen LogP contribution in [0.5, 0.6) is 0 Å². The number of rotatable bonds is 2. The Balaban J connectivity index is -0.0000000322. The first-order chi connectivity index (χ1) is 5.95. The van der Waals surface area contributed by atoms with E-state index in [0.29, 0.717) is 0 Å². The van der Waals surface area contributed by atoms with Crippen LogP contribution in [0.4, 0.5) is 0 Å². The molecule has 4 nitrogen and oxygen atoms in total. The van der Waals surface area contributed by atoms with Crippen molar-refractivity contribution in [1.29, 1.82) is 0 Å². The molecule has 0 aromatic rings. The summed E-state index contributed by atoms with van der Waals surface area (Å²) in [6.07, 6.45) is 2.92. The van der Waals surface area contributed by atoms with Gasteiger partial charge in [0.25, 0.3) is 0 Å². The Morgan fingerprint density at radius 3 is 1.07 bits per heavy atom. The zero-order valence-electron chi connectivity index (χ0n) is 7.99. The SMILES string of the molecule is C.C.C=CC(=O)O.C=CC(=O)O.CCC. The summed E-state index contributed by atoms with van der Waals surface area (Å²) in [5, 5.41) is 15.2. The summed E-state index contributed by atoms with van der Waals surface area (Å²) < 4.78 is 0. The molecule has 15 heavy (non-hydrogen) atoms. The van der Waals surface area contributed by atoms with Gasteiger partial charge in [-0.15, -0.1) is 0 Å². The van der Waals surface area contributed by atoms with Crippen LogP contribution in [0.25, 0.3) is 0 Å². The number of hydrogen-bond acceptors (Lipinski definition) is 2. The molecule has 0 aromatic heterocycles. The molecule has 4 heteroatoms. The van der Waals surface area contributed by atoms with Gasteiger partial charge in [0.15, 0.2) is 0 Å². The molecule has 0 aliphatic rings. The number of aliphatic carboxylic acids is 2. The molecule has 0 heterocycles. The second kappa shape index (κ2) is 29.4. The van der Waals surface area contributed by atoms with Crippen molar-refractivity contribution in [2.45, 2.75) is 35.1 Å². The highest BCUT2D eigenvalue weighted by Crippen LogP contribution is 1.56. The first-order valence-corrected chi connectivity index (χ1v) is 3.66. The van der Waals surface area contributed by atoms with Gasteiger partial charge in [-0.3, -0.25) is 0 Å². The van der Waals surface area contributed by atoms with Gasteiger partial charge < -0.3 is 10.2 Å². The van der Waals surface area contributed by atoms with Gasteiger partial charge in [-0.05, 0) is 0 Å². The minimum Gasteiger partial charge on any atom is -0.478 e. The Hall–Kier alpha value is -1.58. The Morgan fingerprint density at radius 1 is 1.00 bits per heavy atom. The maximum Gasteiger partial charge on any atom is 0.327 e. The molecule has 0 fully saturated rings. The minimum atomic E-state index is -0.981. The topological polar surface area (TPSA) is 74.6 Å². The van der Waals surface area contributed by atoms with E-state index in [-0.39, 0.29) is 14.9 Å². The van der Waals surface area contributed by atoms with Crippen molar-refractivity contribution >= 4 is 11.9 Å². The zero-order valence-corrected chi connectivity index (χ0v) is 7.99. The van der Waals surface area contributed by atoms with Crippen LogP contribution in [-0.4, -0.2) is 22.2 Å². The van der Waals surface area contributed by atoms with E-state index in [4.69, 9.17) is 10.2 Å². The van der Waals surface area contributed by atoms with Crippen molar-refractivity contribution in [3.05, 3.63) is 25.3 Å². The van der Waals surface area contributed by atoms with Crippen molar-refractivity contribution in [3.63, 3.8) is 0 Å². The van der Waals surface area contributed by atoms with Gasteiger partial charge in [-0.1, -0.05) is 48.3 Å². The van der Waals surface area contributed by atoms with Crippen LogP contribution < -0.4 is 0 Å². The number of carboxylic acids is 2. The highest BCUT2D eigenvalue weighted by molar-refractivity contribution is 5.79. The summed E-state index contributed by atoms with van der Waals surface area (Å²) in [7, 11) is 0. The molecule has 0 atom stereocenters. The van der Waals surface area contributed by atoms with E-state index in [1.54, 1.807) is 0 Å². The van der Waals surface area contributed by atoms with E-state index < -0.39 is 11.9 Å². The lowest BCUT2D eigenvalue weighted by Crippen LogP contribution is -1.82. The molecule has 0 spiro atoms. The molecule has 0 saturated carbocycles. The second-order valence-corrected chi connectivity index (χ2v) is 1.79. The lowest BCUT2D eigenvalue weighted by molar-refractivity contribution is -0.132. The monoisotopic (exact) mass is 220 g/mol. The summed E-state index contributed by atoms with van der Waals surface area (Å²) in [6, 6.07) is 0. The highest BCUT2D eigenvalue weighted by Gasteiger charge is 1.73. The van der Waals surface area contributed by atoms with Crippen LogP contribution in [-0.2, 0) is 9.59 Å². The zero-order chi connectivity index (χ0) is 11.3. The fourth-order valence-electron chi connectivity index (χ4n) is 0. The number of carbonyl (C=O) groups is 2. The minimum absolute atomic E-state index is 0. The molecule has 0 saturated heterocycles. The largest absolute Gasteiger partial charge is 0.478 e. The van der Waals surface area contributed by atoms with Crippen molar-refractivity contribution in [2.24, 2.45) is 0 Å². The van der Waals surface area contributed by atoms with Crippen LogP contribution >= 0.6 is 0 Å². The Kier molecular flexibility index (Phi) is 57.3. The summed E-state index contributed by atoms with van der Waals surface area (Å²) in [6.45, 7) is 10.2. The molecule has 0 rings (SSSR count). The van der Waals surface area contributed by atoms with Gasteiger partial charge in [-0.2, -0.15) is 0 Å². The normalized spacial score (nSPS) is 5.47. The quantitative estimate of drug-likeness (QED) is 0.701. The van der Waals surface area contributed by atoms with Crippen LogP contribution in [0.15, 0.2) is 25.3 Å². The molecule has 0 radical (unpaired) electrons.